The molecule has 0 spiro atoms. The molecule has 0 radical (unpaired) electrons. The van der Waals surface area contributed by atoms with Crippen LogP contribution in [0.4, 0.5) is 0 Å². The zero-order valence-corrected chi connectivity index (χ0v) is 17.8. The number of halogens is 1. The summed E-state index contributed by atoms with van der Waals surface area (Å²) < 4.78 is 8.03. The maximum Gasteiger partial charge on any atom is 0.153 e. The molecule has 0 N–H and O–H groups in total. The Kier molecular flexibility index (Phi) is 5.45. The molecule has 2 aromatic carbocycles. The van der Waals surface area contributed by atoms with Crippen LogP contribution in [0.1, 0.15) is 28.8 Å². The van der Waals surface area contributed by atoms with Gasteiger partial charge in [0, 0.05) is 35.0 Å². The monoisotopic (exact) mass is 431 g/mol. The van der Waals surface area contributed by atoms with Crippen molar-refractivity contribution in [3.05, 3.63) is 83.1 Å². The smallest absolute Gasteiger partial charge is 0.153 e. The second-order valence-corrected chi connectivity index (χ2v) is 8.22. The van der Waals surface area contributed by atoms with Crippen molar-refractivity contribution < 1.29 is 9.53 Å². The Morgan fingerprint density at radius 2 is 1.87 bits per heavy atom. The van der Waals surface area contributed by atoms with Crippen LogP contribution in [0, 0.1) is 0 Å². The standard InChI is InChI=1S/C25H22ClN3O2/c26-21-8-5-20(17-30)24(14-21)31-22-9-6-18(7-10-22)23-15-27-25-19(4-3-13-29(23)25)16-28-11-1-2-12-28/h3-10,13-15,17H,1-2,11-12,16H2. The van der Waals surface area contributed by atoms with Crippen LogP contribution in [0.15, 0.2) is 67.0 Å². The Balaban J connectivity index is 1.41. The van der Waals surface area contributed by atoms with Gasteiger partial charge in [-0.2, -0.15) is 0 Å². The van der Waals surface area contributed by atoms with E-state index in [9.17, 15) is 4.79 Å². The number of rotatable bonds is 6. The molecular formula is C25H22ClN3O2. The van der Waals surface area contributed by atoms with E-state index in [1.165, 1.54) is 18.4 Å². The minimum Gasteiger partial charge on any atom is -0.457 e. The summed E-state index contributed by atoms with van der Waals surface area (Å²) in [6.45, 7) is 3.26. The average Bonchev–Trinajstić information content (AvgIpc) is 3.45. The molecule has 6 heteroatoms. The SMILES string of the molecule is O=Cc1ccc(Cl)cc1Oc1ccc(-c2cnc3c(CN4CCCC4)cccn23)cc1. The van der Waals surface area contributed by atoms with E-state index in [0.29, 0.717) is 22.1 Å². The molecule has 0 bridgehead atoms. The Bertz CT molecular complexity index is 1230. The van der Waals surface area contributed by atoms with Gasteiger partial charge >= 0.3 is 0 Å². The number of hydrogen-bond donors (Lipinski definition) is 0. The fraction of sp³-hybridized carbons (Fsp3) is 0.200. The number of ether oxygens (including phenoxy) is 1. The number of likely N-dealkylation sites (tertiary alicyclic amines) is 1. The zero-order valence-electron chi connectivity index (χ0n) is 17.0. The highest BCUT2D eigenvalue weighted by molar-refractivity contribution is 6.30. The molecule has 1 saturated heterocycles. The van der Waals surface area contributed by atoms with Crippen LogP contribution in [0.2, 0.25) is 5.02 Å². The van der Waals surface area contributed by atoms with Gasteiger partial charge in [0.25, 0.3) is 0 Å². The van der Waals surface area contributed by atoms with Crippen LogP contribution >= 0.6 is 11.6 Å². The lowest BCUT2D eigenvalue weighted by Crippen LogP contribution is -2.18. The van der Waals surface area contributed by atoms with Crippen LogP contribution in [0.25, 0.3) is 16.9 Å². The lowest BCUT2D eigenvalue weighted by Gasteiger charge is -2.15. The third-order valence-electron chi connectivity index (χ3n) is 5.69. The fourth-order valence-electron chi connectivity index (χ4n) is 4.10. The second kappa shape index (κ2) is 8.53. The molecule has 1 aliphatic rings. The molecule has 0 unspecified atom stereocenters. The molecule has 5 rings (SSSR count). The summed E-state index contributed by atoms with van der Waals surface area (Å²) in [5.74, 6) is 1.08. The first-order chi connectivity index (χ1) is 15.2. The van der Waals surface area contributed by atoms with Gasteiger partial charge in [-0.15, -0.1) is 0 Å². The number of carbonyl (C=O) groups is 1. The third kappa shape index (κ3) is 4.07. The Hall–Kier alpha value is -3.15. The number of aldehydes is 1. The number of imidazole rings is 1. The van der Waals surface area contributed by atoms with Gasteiger partial charge in [0.05, 0.1) is 17.5 Å². The first-order valence-corrected chi connectivity index (χ1v) is 10.8. The molecule has 0 atom stereocenters. The van der Waals surface area contributed by atoms with E-state index in [1.54, 1.807) is 18.2 Å². The summed E-state index contributed by atoms with van der Waals surface area (Å²) in [6.07, 6.45) is 7.29. The molecule has 156 valence electrons. The van der Waals surface area contributed by atoms with Gasteiger partial charge in [0.15, 0.2) is 6.29 Å². The molecule has 4 aromatic rings. The van der Waals surface area contributed by atoms with Gasteiger partial charge in [-0.25, -0.2) is 4.98 Å². The van der Waals surface area contributed by atoms with Crippen molar-refractivity contribution in [1.82, 2.24) is 14.3 Å². The van der Waals surface area contributed by atoms with Crippen molar-refractivity contribution >= 4 is 23.5 Å². The van der Waals surface area contributed by atoms with Crippen LogP contribution in [-0.2, 0) is 6.54 Å². The summed E-state index contributed by atoms with van der Waals surface area (Å²) >= 11 is 6.05. The molecule has 31 heavy (non-hydrogen) atoms. The van der Waals surface area contributed by atoms with Gasteiger partial charge < -0.3 is 4.74 Å². The van der Waals surface area contributed by atoms with Crippen molar-refractivity contribution in [3.8, 4) is 22.8 Å². The van der Waals surface area contributed by atoms with Crippen molar-refractivity contribution in [2.24, 2.45) is 0 Å². The first kappa shape index (κ1) is 19.8. The molecule has 5 nitrogen and oxygen atoms in total. The number of carbonyl (C=O) groups excluding carboxylic acids is 1. The summed E-state index contributed by atoms with van der Waals surface area (Å²) in [5, 5.41) is 0.521. The second-order valence-electron chi connectivity index (χ2n) is 7.78. The van der Waals surface area contributed by atoms with E-state index in [-0.39, 0.29) is 0 Å². The molecule has 2 aromatic heterocycles. The topological polar surface area (TPSA) is 46.8 Å². The number of aromatic nitrogens is 2. The van der Waals surface area contributed by atoms with Crippen LogP contribution in [0.5, 0.6) is 11.5 Å². The van der Waals surface area contributed by atoms with Crippen LogP contribution in [0.3, 0.4) is 0 Å². The maximum absolute atomic E-state index is 11.3. The Morgan fingerprint density at radius 1 is 1.06 bits per heavy atom. The van der Waals surface area contributed by atoms with Crippen molar-refractivity contribution in [2.75, 3.05) is 13.1 Å². The highest BCUT2D eigenvalue weighted by Gasteiger charge is 2.15. The summed E-state index contributed by atoms with van der Waals surface area (Å²) in [4.78, 5) is 18.5. The third-order valence-corrected chi connectivity index (χ3v) is 5.92. The van der Waals surface area contributed by atoms with Gasteiger partial charge in [-0.3, -0.25) is 14.1 Å². The van der Waals surface area contributed by atoms with Gasteiger partial charge in [0.1, 0.15) is 17.1 Å². The van der Waals surface area contributed by atoms with Gasteiger partial charge in [-0.1, -0.05) is 17.7 Å². The average molecular weight is 432 g/mol. The van der Waals surface area contributed by atoms with E-state index >= 15 is 0 Å². The Labute approximate surface area is 185 Å². The number of benzene rings is 2. The minimum atomic E-state index is 0.441. The number of pyridine rings is 1. The fourth-order valence-corrected chi connectivity index (χ4v) is 4.26. The summed E-state index contributed by atoms with van der Waals surface area (Å²) in [6, 6.07) is 17.0. The Morgan fingerprint density at radius 3 is 2.65 bits per heavy atom. The summed E-state index contributed by atoms with van der Waals surface area (Å²) in [5.41, 5.74) is 4.78. The normalized spacial score (nSPS) is 14.2. The highest BCUT2D eigenvalue weighted by atomic mass is 35.5. The van der Waals surface area contributed by atoms with Gasteiger partial charge in [0.2, 0.25) is 0 Å². The van der Waals surface area contributed by atoms with Crippen LogP contribution in [-0.4, -0.2) is 33.7 Å². The quantitative estimate of drug-likeness (QED) is 0.359. The lowest BCUT2D eigenvalue weighted by molar-refractivity contribution is 0.112. The highest BCUT2D eigenvalue weighted by Crippen LogP contribution is 2.30. The van der Waals surface area contributed by atoms with E-state index in [0.717, 1.165) is 42.8 Å². The molecule has 0 saturated carbocycles. The number of fused-ring (bicyclic) bond motifs is 1. The minimum absolute atomic E-state index is 0.441. The number of nitrogens with zero attached hydrogens (tertiary/aromatic N) is 3. The first-order valence-electron chi connectivity index (χ1n) is 10.4. The van der Waals surface area contributed by atoms with E-state index in [4.69, 9.17) is 21.3 Å². The predicted molar refractivity (Wildman–Crippen MR) is 122 cm³/mol. The number of hydrogen-bond acceptors (Lipinski definition) is 4. The van der Waals surface area contributed by atoms with E-state index in [1.807, 2.05) is 30.5 Å². The molecule has 3 heterocycles. The van der Waals surface area contributed by atoms with E-state index < -0.39 is 0 Å². The molecule has 0 aliphatic carbocycles. The molecule has 1 aliphatic heterocycles. The summed E-state index contributed by atoms with van der Waals surface area (Å²) in [7, 11) is 0. The lowest BCUT2D eigenvalue weighted by atomic mass is 10.1. The van der Waals surface area contributed by atoms with Crippen LogP contribution < -0.4 is 4.74 Å². The largest absolute Gasteiger partial charge is 0.457 e. The molecule has 0 amide bonds. The van der Waals surface area contributed by atoms with E-state index in [2.05, 4.69) is 27.6 Å². The predicted octanol–water partition coefficient (Wildman–Crippen LogP) is 5.86. The van der Waals surface area contributed by atoms with Crippen molar-refractivity contribution in [3.63, 3.8) is 0 Å². The van der Waals surface area contributed by atoms with Crippen molar-refractivity contribution in [1.29, 1.82) is 0 Å². The van der Waals surface area contributed by atoms with Gasteiger partial charge in [-0.05, 0) is 68.4 Å². The zero-order chi connectivity index (χ0) is 21.2. The molecule has 1 fully saturated rings. The van der Waals surface area contributed by atoms with Crippen molar-refractivity contribution in [2.45, 2.75) is 19.4 Å². The maximum atomic E-state index is 11.3. The molecular weight excluding hydrogens is 410 g/mol.